The summed E-state index contributed by atoms with van der Waals surface area (Å²) < 4.78 is 34.9. The van der Waals surface area contributed by atoms with Gasteiger partial charge in [-0.3, -0.25) is 0 Å². The van der Waals surface area contributed by atoms with Gasteiger partial charge in [0.25, 0.3) is 0 Å². The minimum Gasteiger partial charge on any atom is -0.503 e. The van der Waals surface area contributed by atoms with E-state index in [-0.39, 0.29) is 58.4 Å². The third-order valence-electron chi connectivity index (χ3n) is 7.05. The Morgan fingerprint density at radius 1 is 0.562 bits per heavy atom. The molecule has 48 heavy (non-hydrogen) atoms. The number of phenols is 2. The van der Waals surface area contributed by atoms with E-state index in [4.69, 9.17) is 28.4 Å². The van der Waals surface area contributed by atoms with E-state index in [0.717, 1.165) is 29.9 Å². The molecule has 0 aliphatic carbocycles. The first-order chi connectivity index (χ1) is 23.3. The lowest BCUT2D eigenvalue weighted by Crippen LogP contribution is -2.11. The van der Waals surface area contributed by atoms with Crippen LogP contribution in [0.4, 0.5) is 0 Å². The quantitative estimate of drug-likeness (QED) is 0.0915. The number of carbonyl (C=O) groups is 2. The van der Waals surface area contributed by atoms with E-state index in [0.29, 0.717) is 0 Å². The lowest BCUT2D eigenvalue weighted by molar-refractivity contribution is 0.0586. The molecular weight excluding hydrogens is 684 g/mol. The Kier molecular flexibility index (Phi) is 11.0. The van der Waals surface area contributed by atoms with E-state index < -0.39 is 29.2 Å². The summed E-state index contributed by atoms with van der Waals surface area (Å²) in [5, 5.41) is 21.6. The maximum Gasteiger partial charge on any atom is 0.341 e. The van der Waals surface area contributed by atoms with Crippen LogP contribution in [0.1, 0.15) is 37.4 Å². The molecule has 0 heterocycles. The van der Waals surface area contributed by atoms with Gasteiger partial charge in [0.05, 0.1) is 24.3 Å². The van der Waals surface area contributed by atoms with Crippen molar-refractivity contribution in [1.29, 1.82) is 0 Å². The molecule has 0 spiro atoms. The third-order valence-corrected chi connectivity index (χ3v) is 7.85. The Balaban J connectivity index is 1.71. The van der Waals surface area contributed by atoms with Crippen molar-refractivity contribution in [2.75, 3.05) is 14.2 Å². The van der Waals surface area contributed by atoms with Crippen molar-refractivity contribution in [3.8, 4) is 40.2 Å². The molecule has 0 atom stereocenters. The van der Waals surface area contributed by atoms with E-state index in [2.05, 4.69) is 15.9 Å². The summed E-state index contributed by atoms with van der Waals surface area (Å²) in [6, 6.07) is 30.6. The molecular formula is C37H31BrO10. The smallest absolute Gasteiger partial charge is 0.341 e. The van der Waals surface area contributed by atoms with Crippen LogP contribution in [0.2, 0.25) is 0 Å². The minimum atomic E-state index is -0.831. The number of ether oxygens (including phenoxy) is 6. The third kappa shape index (κ3) is 7.81. The fraction of sp³-hybridized carbons (Fsp3) is 0.135. The minimum absolute atomic E-state index is 0.00658. The molecule has 0 aromatic heterocycles. The second-order valence-corrected chi connectivity index (χ2v) is 11.0. The van der Waals surface area contributed by atoms with E-state index in [1.54, 1.807) is 0 Å². The zero-order valence-electron chi connectivity index (χ0n) is 26.0. The van der Waals surface area contributed by atoms with Crippen molar-refractivity contribution in [1.82, 2.24) is 0 Å². The van der Waals surface area contributed by atoms with Crippen molar-refractivity contribution in [3.63, 3.8) is 0 Å². The average Bonchev–Trinajstić information content (AvgIpc) is 3.13. The molecule has 2 N–H and O–H groups in total. The Labute approximate surface area is 285 Å². The standard InChI is InChI=1S/C37H31BrO10/c1-43-36(41)26-18-28(31(39)32(40)30(26)38)48-33-27(37(42)44-2)19-29(45-20-23-12-6-3-7-13-23)34(46-21-24-14-8-4-9-15-24)35(33)47-22-25-16-10-5-11-17-25/h3-19,39-40H,20-22H2,1-2H3. The Morgan fingerprint density at radius 3 is 1.50 bits per heavy atom. The normalized spacial score (nSPS) is 10.6. The van der Waals surface area contributed by atoms with Crippen LogP contribution >= 0.6 is 15.9 Å². The number of rotatable bonds is 13. The highest BCUT2D eigenvalue weighted by Gasteiger charge is 2.31. The van der Waals surface area contributed by atoms with Crippen LogP contribution in [-0.2, 0) is 29.3 Å². The highest BCUT2D eigenvalue weighted by atomic mass is 79.9. The Hall–Kier alpha value is -5.68. The monoisotopic (exact) mass is 714 g/mol. The van der Waals surface area contributed by atoms with Gasteiger partial charge >= 0.3 is 11.9 Å². The van der Waals surface area contributed by atoms with Crippen LogP contribution in [0.5, 0.6) is 40.2 Å². The van der Waals surface area contributed by atoms with Crippen LogP contribution in [0, 0.1) is 0 Å². The molecule has 0 bridgehead atoms. The molecule has 0 aliphatic rings. The predicted octanol–water partition coefficient (Wildman–Crippen LogP) is 7.96. The fourth-order valence-corrected chi connectivity index (χ4v) is 5.05. The van der Waals surface area contributed by atoms with Crippen LogP contribution in [0.25, 0.3) is 0 Å². The van der Waals surface area contributed by atoms with E-state index in [1.165, 1.54) is 13.2 Å². The van der Waals surface area contributed by atoms with Gasteiger partial charge in [-0.25, -0.2) is 9.59 Å². The van der Waals surface area contributed by atoms with Crippen molar-refractivity contribution in [2.24, 2.45) is 0 Å². The summed E-state index contributed by atoms with van der Waals surface area (Å²) >= 11 is 3.10. The van der Waals surface area contributed by atoms with Gasteiger partial charge in [0.2, 0.25) is 17.2 Å². The highest BCUT2D eigenvalue weighted by Crippen LogP contribution is 2.52. The molecule has 5 aromatic carbocycles. The number of benzene rings is 5. The van der Waals surface area contributed by atoms with Crippen LogP contribution < -0.4 is 18.9 Å². The summed E-state index contributed by atoms with van der Waals surface area (Å²) in [7, 11) is 2.35. The molecule has 0 saturated carbocycles. The average molecular weight is 716 g/mol. The van der Waals surface area contributed by atoms with Crippen LogP contribution in [0.15, 0.2) is 108 Å². The van der Waals surface area contributed by atoms with Crippen LogP contribution in [-0.4, -0.2) is 36.4 Å². The number of methoxy groups -OCH3 is 2. The zero-order chi connectivity index (χ0) is 34.0. The Morgan fingerprint density at radius 2 is 1.00 bits per heavy atom. The van der Waals surface area contributed by atoms with Gasteiger partial charge in [-0.2, -0.15) is 0 Å². The molecule has 5 rings (SSSR count). The van der Waals surface area contributed by atoms with Gasteiger partial charge in [-0.15, -0.1) is 0 Å². The topological polar surface area (TPSA) is 130 Å². The number of hydrogen-bond donors (Lipinski definition) is 2. The van der Waals surface area contributed by atoms with Gasteiger partial charge in [-0.05, 0) is 32.6 Å². The molecule has 10 nitrogen and oxygen atoms in total. The van der Waals surface area contributed by atoms with Gasteiger partial charge < -0.3 is 38.6 Å². The molecule has 0 saturated heterocycles. The molecule has 5 aromatic rings. The van der Waals surface area contributed by atoms with Crippen molar-refractivity contribution < 1.29 is 48.2 Å². The second-order valence-electron chi connectivity index (χ2n) is 10.3. The second kappa shape index (κ2) is 15.7. The summed E-state index contributed by atoms with van der Waals surface area (Å²) in [6.07, 6.45) is 0. The van der Waals surface area contributed by atoms with Gasteiger partial charge in [0.1, 0.15) is 25.4 Å². The molecule has 246 valence electrons. The molecule has 0 fully saturated rings. The summed E-state index contributed by atoms with van der Waals surface area (Å²) in [5.74, 6) is -3.54. The van der Waals surface area contributed by atoms with Crippen molar-refractivity contribution >= 4 is 27.9 Å². The number of carbonyl (C=O) groups excluding carboxylic acids is 2. The number of esters is 2. The molecule has 0 radical (unpaired) electrons. The maximum absolute atomic E-state index is 13.3. The zero-order valence-corrected chi connectivity index (χ0v) is 27.6. The SMILES string of the molecule is COC(=O)c1cc(Oc2c(C(=O)OC)cc(OCc3ccccc3)c(OCc3ccccc3)c2OCc2ccccc2)c(O)c(O)c1Br. The summed E-state index contributed by atoms with van der Waals surface area (Å²) in [4.78, 5) is 25.9. The van der Waals surface area contributed by atoms with Crippen LogP contribution in [0.3, 0.4) is 0 Å². The van der Waals surface area contributed by atoms with E-state index in [9.17, 15) is 19.8 Å². The summed E-state index contributed by atoms with van der Waals surface area (Å²) in [5.41, 5.74) is 2.15. The molecule has 11 heteroatoms. The van der Waals surface area contributed by atoms with Crippen molar-refractivity contribution in [2.45, 2.75) is 19.8 Å². The maximum atomic E-state index is 13.3. The number of phenolic OH excluding ortho intramolecular Hbond substituents is 2. The number of hydrogen-bond acceptors (Lipinski definition) is 10. The number of halogens is 1. The predicted molar refractivity (Wildman–Crippen MR) is 179 cm³/mol. The van der Waals surface area contributed by atoms with E-state index in [1.807, 2.05) is 91.0 Å². The first kappa shape index (κ1) is 33.7. The first-order valence-electron chi connectivity index (χ1n) is 14.6. The Bertz CT molecular complexity index is 1880. The first-order valence-corrected chi connectivity index (χ1v) is 15.4. The highest BCUT2D eigenvalue weighted by molar-refractivity contribution is 9.10. The fourth-order valence-electron chi connectivity index (χ4n) is 4.59. The number of aromatic hydroxyl groups is 2. The largest absolute Gasteiger partial charge is 0.503 e. The lowest BCUT2D eigenvalue weighted by atomic mass is 10.1. The van der Waals surface area contributed by atoms with Gasteiger partial charge in [0.15, 0.2) is 23.0 Å². The van der Waals surface area contributed by atoms with Crippen molar-refractivity contribution in [3.05, 3.63) is 135 Å². The lowest BCUT2D eigenvalue weighted by Gasteiger charge is -2.23. The van der Waals surface area contributed by atoms with Gasteiger partial charge in [-0.1, -0.05) is 91.0 Å². The van der Waals surface area contributed by atoms with Gasteiger partial charge in [0, 0.05) is 12.1 Å². The van der Waals surface area contributed by atoms with E-state index >= 15 is 0 Å². The molecule has 0 aliphatic heterocycles. The summed E-state index contributed by atoms with van der Waals surface area (Å²) in [6.45, 7) is 0.204. The molecule has 0 unspecified atom stereocenters. The molecule has 0 amide bonds.